The van der Waals surface area contributed by atoms with Crippen LogP contribution in [0, 0.1) is 0 Å². The van der Waals surface area contributed by atoms with Crippen LogP contribution in [0.1, 0.15) is 0 Å². The Morgan fingerprint density at radius 3 is 0.700 bits per heavy atom. The quantitative estimate of drug-likeness (QED) is 0.0813. The second-order valence-corrected chi connectivity index (χ2v) is 22.0. The fourth-order valence-electron chi connectivity index (χ4n) is 2.31. The van der Waals surface area contributed by atoms with Gasteiger partial charge in [0.25, 0.3) is 0 Å². The summed E-state index contributed by atoms with van der Waals surface area (Å²) in [7, 11) is -45.6. The van der Waals surface area contributed by atoms with Crippen LogP contribution in [0.25, 0.3) is 0 Å². The molecule has 17 N–H and O–H groups in total. The fraction of sp³-hybridized carbons (Fsp3) is 0.667. The molecule has 0 radical (unpaired) electrons. The molecule has 0 aliphatic carbocycles. The molecule has 0 aromatic carbocycles. The Morgan fingerprint density at radius 2 is 0.600 bits per heavy atom. The van der Waals surface area contributed by atoms with Crippen LogP contribution in [0.5, 0.6) is 0 Å². The highest BCUT2D eigenvalue weighted by molar-refractivity contribution is 7.73. The summed E-state index contributed by atoms with van der Waals surface area (Å²) in [6.07, 6.45) is 0.117. The van der Waals surface area contributed by atoms with Gasteiger partial charge in [0, 0.05) is 0 Å². The van der Waals surface area contributed by atoms with Crippen molar-refractivity contribution in [1.29, 1.82) is 0 Å². The molecule has 34 heteroatoms. The van der Waals surface area contributed by atoms with Crippen LogP contribution < -0.4 is 5.32 Å². The molecular weight excluding hydrogens is 732 g/mol. The molecule has 0 spiro atoms. The minimum Gasteiger partial charge on any atom is -0.330 e. The molecule has 242 valence electrons. The number of hydrogen-bond donors (Lipinski definition) is 17. The summed E-state index contributed by atoms with van der Waals surface area (Å²) in [6.45, 7) is 2.81. The summed E-state index contributed by atoms with van der Waals surface area (Å²) in [4.78, 5) is 140. The van der Waals surface area contributed by atoms with Crippen LogP contribution >= 0.6 is 60.8 Å². The van der Waals surface area contributed by atoms with Gasteiger partial charge in [-0.3, -0.25) is 41.8 Å². The van der Waals surface area contributed by atoms with Crippen LogP contribution in [0.2, 0.25) is 0 Å². The van der Waals surface area contributed by atoms with Crippen molar-refractivity contribution in [2.24, 2.45) is 0 Å². The third kappa shape index (κ3) is 14.0. The number of nitrogens with zero attached hydrogens (tertiary/aromatic N) is 1. The third-order valence-corrected chi connectivity index (χ3v) is 17.4. The number of nitrogens with one attached hydrogen (secondary N) is 1. The number of hydrogen-bond acceptors (Lipinski definition) is 10. The van der Waals surface area contributed by atoms with E-state index in [0.717, 1.165) is 5.32 Å². The Hall–Kier alpha value is 0.700. The lowest BCUT2D eigenvalue weighted by Gasteiger charge is -2.36. The molecule has 0 bridgehead atoms. The topological polar surface area (TPSA) is 476 Å². The molecule has 0 saturated carbocycles. The van der Waals surface area contributed by atoms with Gasteiger partial charge in [0.2, 0.25) is 22.1 Å². The molecule has 0 saturated heterocycles. The molecule has 0 aliphatic rings. The molecule has 0 rings (SSSR count). The highest BCUT2D eigenvalue weighted by Crippen LogP contribution is 2.69. The van der Waals surface area contributed by atoms with E-state index in [1.165, 1.54) is 0 Å². The molecule has 0 unspecified atom stereocenters. The fourth-order valence-corrected chi connectivity index (χ4v) is 13.1. The lowest BCUT2D eigenvalue weighted by atomic mass is 10.8. The Bertz CT molecular complexity index is 1090. The van der Waals surface area contributed by atoms with Crippen molar-refractivity contribution < 1.29 is 115 Å². The molecule has 0 aliphatic heterocycles. The van der Waals surface area contributed by atoms with Crippen molar-refractivity contribution in [3.8, 4) is 0 Å². The number of rotatable bonds is 13. The van der Waals surface area contributed by atoms with Crippen LogP contribution in [-0.4, -0.2) is 105 Å². The van der Waals surface area contributed by atoms with Gasteiger partial charge in [0.15, 0.2) is 0 Å². The average Bonchev–Trinajstić information content (AvgIpc) is 2.51. The molecule has 0 aromatic rings. The highest BCUT2D eigenvalue weighted by Gasteiger charge is 2.57. The first-order valence-electron chi connectivity index (χ1n) is 8.49. The Balaban J connectivity index is 0. The Morgan fingerprint density at radius 1 is 0.425 bits per heavy atom. The Labute approximate surface area is 221 Å². The second kappa shape index (κ2) is 13.8. The summed E-state index contributed by atoms with van der Waals surface area (Å²) in [5.41, 5.74) is -12.8. The maximum absolute atomic E-state index is 11.1. The molecule has 0 fully saturated rings. The van der Waals surface area contributed by atoms with Gasteiger partial charge in [-0.25, -0.2) is 0 Å². The minimum absolute atomic E-state index is 0.117. The van der Waals surface area contributed by atoms with E-state index in [4.69, 9.17) is 78.3 Å². The minimum atomic E-state index is -5.76. The van der Waals surface area contributed by atoms with Gasteiger partial charge in [-0.15, -0.1) is 0 Å². The summed E-state index contributed by atoms with van der Waals surface area (Å²) in [6, 6.07) is 0. The first kappa shape index (κ1) is 42.8. The summed E-state index contributed by atoms with van der Waals surface area (Å²) >= 11 is 0. The largest absolute Gasteiger partial charge is 0.360 e. The zero-order valence-corrected chi connectivity index (χ0v) is 25.7. The van der Waals surface area contributed by atoms with Crippen molar-refractivity contribution in [3.63, 3.8) is 0 Å². The molecule has 0 heterocycles. The summed E-state index contributed by atoms with van der Waals surface area (Å²) < 4.78 is 87.8. The van der Waals surface area contributed by atoms with E-state index in [2.05, 4.69) is 6.58 Å². The van der Waals surface area contributed by atoms with Gasteiger partial charge >= 0.3 is 60.8 Å². The molecular formula is C6H24N2O24P8. The lowest BCUT2D eigenvalue weighted by Crippen LogP contribution is -2.39. The Kier molecular flexibility index (Phi) is 14.7. The zero-order valence-electron chi connectivity index (χ0n) is 18.5. The van der Waals surface area contributed by atoms with Crippen LogP contribution in [0.4, 0.5) is 0 Å². The van der Waals surface area contributed by atoms with E-state index in [1.54, 1.807) is 0 Å². The molecule has 26 nitrogen and oxygen atoms in total. The van der Waals surface area contributed by atoms with Crippen molar-refractivity contribution in [2.75, 3.05) is 0 Å². The summed E-state index contributed by atoms with van der Waals surface area (Å²) in [5.74, 6) is 0. The highest BCUT2D eigenvalue weighted by atomic mass is 31.3. The normalized spacial score (nSPS) is 14.9. The van der Waals surface area contributed by atoms with Gasteiger partial charge in [-0.1, -0.05) is 6.58 Å². The van der Waals surface area contributed by atoms with E-state index in [-0.39, 0.29) is 6.20 Å². The van der Waals surface area contributed by atoms with Crippen molar-refractivity contribution in [1.82, 2.24) is 10.2 Å². The van der Waals surface area contributed by atoms with Gasteiger partial charge in [-0.05, 0) is 6.20 Å². The van der Waals surface area contributed by atoms with E-state index in [1.807, 2.05) is 0 Å². The van der Waals surface area contributed by atoms with Gasteiger partial charge < -0.3 is 83.2 Å². The van der Waals surface area contributed by atoms with E-state index in [9.17, 15) is 36.5 Å². The van der Waals surface area contributed by atoms with E-state index < -0.39 is 87.8 Å². The SMILES string of the molecule is C=CN(C(P(=O)(O)O)P(=O)(O)O)C(P(=O)(O)O)P(=O)(O)O.O=P(O)(O)C(NC(P(=O)(O)O)P(=O)(O)O)P(=O)(O)O. The lowest BCUT2D eigenvalue weighted by molar-refractivity contribution is 0.244. The average molecular weight is 756 g/mol. The monoisotopic (exact) mass is 756 g/mol. The van der Waals surface area contributed by atoms with Crippen LogP contribution in [-0.2, 0) is 36.5 Å². The van der Waals surface area contributed by atoms with Crippen LogP contribution in [0.15, 0.2) is 12.8 Å². The smallest absolute Gasteiger partial charge is 0.330 e. The van der Waals surface area contributed by atoms with E-state index in [0.29, 0.717) is 0 Å². The molecule has 40 heavy (non-hydrogen) atoms. The van der Waals surface area contributed by atoms with Gasteiger partial charge in [-0.2, -0.15) is 0 Å². The summed E-state index contributed by atoms with van der Waals surface area (Å²) in [5, 5.41) is 0.961. The maximum Gasteiger partial charge on any atom is 0.360 e. The van der Waals surface area contributed by atoms with Crippen molar-refractivity contribution >= 4 is 60.8 Å². The first-order valence-corrected chi connectivity index (χ1v) is 21.9. The maximum atomic E-state index is 11.1. The molecule has 0 atom stereocenters. The predicted octanol–water partition coefficient (Wildman–Crippen LogP) is -3.44. The van der Waals surface area contributed by atoms with Crippen molar-refractivity contribution in [3.05, 3.63) is 12.8 Å². The van der Waals surface area contributed by atoms with Crippen LogP contribution in [0.3, 0.4) is 0 Å². The van der Waals surface area contributed by atoms with Crippen molar-refractivity contribution in [2.45, 2.75) is 22.1 Å². The molecule has 0 amide bonds. The predicted molar refractivity (Wildman–Crippen MR) is 127 cm³/mol. The van der Waals surface area contributed by atoms with Gasteiger partial charge in [0.1, 0.15) is 0 Å². The zero-order chi connectivity index (χ0) is 33.3. The third-order valence-electron chi connectivity index (χ3n) is 3.52. The van der Waals surface area contributed by atoms with E-state index >= 15 is 0 Å². The standard InChI is InChI=1S/C4H13NO12P4.C2H11NO12P4/c1-2-5(3(18(6,7)8)19(9,10)11)4(20(12,13)14)21(15,16)17;4-16(5,6)1(17(7,8)9)3-2(18(10,11)12)19(13,14)15/h2-4H,1H2,(H2,6,7,8)(H2,9,10,11)(H2,12,13,14)(H2,15,16,17);1-3H,(H2,4,5,6)(H2,7,8,9)(H2,10,11,12)(H2,13,14,15). The van der Waals surface area contributed by atoms with Gasteiger partial charge in [0.05, 0.1) is 0 Å². The first-order chi connectivity index (χ1) is 16.9. The second-order valence-electron chi connectivity index (χ2n) is 6.95. The molecule has 0 aromatic heterocycles.